The number of hydrogen-bond donors (Lipinski definition) is 1. The van der Waals surface area contributed by atoms with Crippen molar-refractivity contribution in [2.75, 3.05) is 0 Å². The van der Waals surface area contributed by atoms with Crippen molar-refractivity contribution in [3.63, 3.8) is 0 Å². The van der Waals surface area contributed by atoms with Crippen molar-refractivity contribution >= 4 is 0 Å². The molecule has 2 fully saturated rings. The lowest BCUT2D eigenvalue weighted by Crippen LogP contribution is -2.33. The zero-order valence-electron chi connectivity index (χ0n) is 7.48. The molecule has 12 heavy (non-hydrogen) atoms. The van der Waals surface area contributed by atoms with Crippen LogP contribution in [0.15, 0.2) is 0 Å². The molecule has 0 aromatic carbocycles. The molecule has 0 bridgehead atoms. The van der Waals surface area contributed by atoms with Crippen molar-refractivity contribution in [3.05, 3.63) is 0 Å². The summed E-state index contributed by atoms with van der Waals surface area (Å²) in [7, 11) is 0. The third-order valence-electron chi connectivity index (χ3n) is 2.25. The van der Waals surface area contributed by atoms with Crippen LogP contribution < -0.4 is 0 Å². The summed E-state index contributed by atoms with van der Waals surface area (Å²) in [6.45, 7) is 5.43. The van der Waals surface area contributed by atoms with Gasteiger partial charge in [0, 0.05) is 0 Å². The Morgan fingerprint density at radius 3 is 2.50 bits per heavy atom. The summed E-state index contributed by atoms with van der Waals surface area (Å²) < 4.78 is 16.2. The van der Waals surface area contributed by atoms with Crippen LogP contribution in [0, 0.1) is 0 Å². The fourth-order valence-corrected chi connectivity index (χ4v) is 1.65. The van der Waals surface area contributed by atoms with Crippen molar-refractivity contribution in [2.24, 2.45) is 0 Å². The van der Waals surface area contributed by atoms with Crippen molar-refractivity contribution in [2.45, 2.75) is 51.2 Å². The van der Waals surface area contributed by atoms with E-state index >= 15 is 0 Å². The molecular formula is C8H14O4. The fraction of sp³-hybridized carbons (Fsp3) is 1.00. The third-order valence-corrected chi connectivity index (χ3v) is 2.25. The van der Waals surface area contributed by atoms with Gasteiger partial charge in [-0.25, -0.2) is 0 Å². The van der Waals surface area contributed by atoms with E-state index in [1.54, 1.807) is 0 Å². The number of fused-ring (bicyclic) bond motifs is 1. The molecule has 0 aromatic heterocycles. The second kappa shape index (κ2) is 2.42. The van der Waals surface area contributed by atoms with E-state index in [0.29, 0.717) is 0 Å². The van der Waals surface area contributed by atoms with Crippen molar-refractivity contribution in [1.82, 2.24) is 0 Å². The second-order valence-corrected chi connectivity index (χ2v) is 3.80. The van der Waals surface area contributed by atoms with Gasteiger partial charge in [0.05, 0.1) is 6.10 Å². The van der Waals surface area contributed by atoms with Gasteiger partial charge in [0.1, 0.15) is 12.2 Å². The Bertz CT molecular complexity index is 191. The highest BCUT2D eigenvalue weighted by atomic mass is 16.8. The molecule has 0 aromatic rings. The molecular weight excluding hydrogens is 160 g/mol. The maximum absolute atomic E-state index is 9.57. The van der Waals surface area contributed by atoms with Crippen LogP contribution in [-0.2, 0) is 14.2 Å². The van der Waals surface area contributed by atoms with E-state index in [1.807, 2.05) is 20.8 Å². The molecule has 70 valence electrons. The van der Waals surface area contributed by atoms with Gasteiger partial charge in [-0.1, -0.05) is 0 Å². The van der Waals surface area contributed by atoms with Crippen LogP contribution in [0.4, 0.5) is 0 Å². The summed E-state index contributed by atoms with van der Waals surface area (Å²) in [6.07, 6.45) is -1.49. The topological polar surface area (TPSA) is 47.9 Å². The maximum Gasteiger partial charge on any atom is 0.190 e. The van der Waals surface area contributed by atoms with Gasteiger partial charge in [-0.3, -0.25) is 0 Å². The van der Waals surface area contributed by atoms with Gasteiger partial charge in [0.2, 0.25) is 0 Å². The SMILES string of the molecule is CC1OC2OC(C)(C)OC2C1O. The van der Waals surface area contributed by atoms with E-state index in [2.05, 4.69) is 0 Å². The zero-order chi connectivity index (χ0) is 8.93. The zero-order valence-corrected chi connectivity index (χ0v) is 7.48. The molecule has 1 N–H and O–H groups in total. The highest BCUT2D eigenvalue weighted by molar-refractivity contribution is 4.90. The largest absolute Gasteiger partial charge is 0.387 e. The van der Waals surface area contributed by atoms with Crippen LogP contribution in [0.1, 0.15) is 20.8 Å². The van der Waals surface area contributed by atoms with E-state index < -0.39 is 18.2 Å². The number of ether oxygens (including phenoxy) is 3. The Morgan fingerprint density at radius 2 is 1.92 bits per heavy atom. The lowest BCUT2D eigenvalue weighted by molar-refractivity contribution is -0.212. The van der Waals surface area contributed by atoms with Gasteiger partial charge in [0.25, 0.3) is 0 Å². The molecule has 2 saturated heterocycles. The summed E-state index contributed by atoms with van der Waals surface area (Å²) >= 11 is 0. The van der Waals surface area contributed by atoms with Crippen LogP contribution in [-0.4, -0.2) is 35.5 Å². The Balaban J connectivity index is 2.11. The van der Waals surface area contributed by atoms with Crippen LogP contribution in [0.25, 0.3) is 0 Å². The number of aliphatic hydroxyl groups is 1. The molecule has 4 unspecified atom stereocenters. The molecule has 0 spiro atoms. The molecule has 0 saturated carbocycles. The van der Waals surface area contributed by atoms with Gasteiger partial charge in [0.15, 0.2) is 12.1 Å². The Hall–Kier alpha value is -0.160. The first-order valence-corrected chi connectivity index (χ1v) is 4.19. The molecule has 2 heterocycles. The average Bonchev–Trinajstić information content (AvgIpc) is 2.33. The first-order valence-electron chi connectivity index (χ1n) is 4.19. The summed E-state index contributed by atoms with van der Waals surface area (Å²) in [5.74, 6) is -0.629. The average molecular weight is 174 g/mol. The standard InChI is InChI=1S/C8H14O4/c1-4-5(9)6-7(10-4)12-8(2,3)11-6/h4-7,9H,1-3H3. The predicted octanol–water partition coefficient (Wildman–Crippen LogP) is 0.244. The first kappa shape index (κ1) is 8.44. The van der Waals surface area contributed by atoms with E-state index in [1.165, 1.54) is 0 Å². The molecule has 0 amide bonds. The molecule has 4 nitrogen and oxygen atoms in total. The molecule has 2 aliphatic heterocycles. The number of aliphatic hydroxyl groups excluding tert-OH is 1. The van der Waals surface area contributed by atoms with Crippen molar-refractivity contribution in [1.29, 1.82) is 0 Å². The molecule has 0 aliphatic carbocycles. The van der Waals surface area contributed by atoms with Crippen LogP contribution in [0.2, 0.25) is 0 Å². The van der Waals surface area contributed by atoms with Crippen LogP contribution in [0.5, 0.6) is 0 Å². The predicted molar refractivity (Wildman–Crippen MR) is 40.4 cm³/mol. The summed E-state index contributed by atoms with van der Waals surface area (Å²) in [5.41, 5.74) is 0. The highest BCUT2D eigenvalue weighted by Gasteiger charge is 2.52. The lowest BCUT2D eigenvalue weighted by Gasteiger charge is -2.20. The Morgan fingerprint density at radius 1 is 1.25 bits per heavy atom. The number of rotatable bonds is 0. The highest BCUT2D eigenvalue weighted by Crippen LogP contribution is 2.36. The monoisotopic (exact) mass is 174 g/mol. The fourth-order valence-electron chi connectivity index (χ4n) is 1.65. The quantitative estimate of drug-likeness (QED) is 0.571. The van der Waals surface area contributed by atoms with Crippen molar-refractivity contribution < 1.29 is 19.3 Å². The molecule has 4 atom stereocenters. The molecule has 2 rings (SSSR count). The van der Waals surface area contributed by atoms with Gasteiger partial charge in [-0.15, -0.1) is 0 Å². The maximum atomic E-state index is 9.57. The van der Waals surface area contributed by atoms with Crippen LogP contribution in [0.3, 0.4) is 0 Å². The van der Waals surface area contributed by atoms with Gasteiger partial charge in [-0.2, -0.15) is 0 Å². The first-order chi connectivity index (χ1) is 5.49. The third kappa shape index (κ3) is 1.15. The van der Waals surface area contributed by atoms with E-state index in [-0.39, 0.29) is 12.2 Å². The Labute approximate surface area is 71.4 Å². The molecule has 4 heteroatoms. The summed E-state index contributed by atoms with van der Waals surface area (Å²) in [4.78, 5) is 0. The van der Waals surface area contributed by atoms with Gasteiger partial charge >= 0.3 is 0 Å². The van der Waals surface area contributed by atoms with Gasteiger partial charge < -0.3 is 19.3 Å². The van der Waals surface area contributed by atoms with E-state index in [9.17, 15) is 5.11 Å². The van der Waals surface area contributed by atoms with Gasteiger partial charge in [-0.05, 0) is 20.8 Å². The number of hydrogen-bond acceptors (Lipinski definition) is 4. The summed E-state index contributed by atoms with van der Waals surface area (Å²) in [6, 6.07) is 0. The lowest BCUT2D eigenvalue weighted by atomic mass is 10.2. The normalized spacial score (nSPS) is 51.0. The van der Waals surface area contributed by atoms with Crippen molar-refractivity contribution in [3.8, 4) is 0 Å². The minimum atomic E-state index is -0.629. The molecule has 0 radical (unpaired) electrons. The Kier molecular flexibility index (Phi) is 1.70. The van der Waals surface area contributed by atoms with E-state index in [0.717, 1.165) is 0 Å². The minimum absolute atomic E-state index is 0.198. The van der Waals surface area contributed by atoms with E-state index in [4.69, 9.17) is 14.2 Å². The second-order valence-electron chi connectivity index (χ2n) is 3.80. The summed E-state index contributed by atoms with van der Waals surface area (Å²) in [5, 5.41) is 9.57. The molecule has 2 aliphatic rings. The smallest absolute Gasteiger partial charge is 0.190 e. The van der Waals surface area contributed by atoms with Crippen LogP contribution >= 0.6 is 0 Å². The minimum Gasteiger partial charge on any atom is -0.387 e.